The molecule has 0 spiro atoms. The van der Waals surface area contributed by atoms with Gasteiger partial charge >= 0.3 is 29.8 Å². The summed E-state index contributed by atoms with van der Waals surface area (Å²) in [4.78, 5) is 62.7. The quantitative estimate of drug-likeness (QED) is 0.0897. The number of benzene rings is 1. The SMILES string of the molecule is CCCCCCCCCC(=O)O[C@@H]1[C@H](O)[C@@]2(CCCC(OC(C)=O)C(C)C/C=C/c3ccccc3)O[C@@H](C(=O)O)[C@](O)(C(=O)O)[C@]1(C(=O)O)O2. The van der Waals surface area contributed by atoms with Crippen molar-refractivity contribution in [3.63, 3.8) is 0 Å². The third kappa shape index (κ3) is 8.89. The third-order valence-corrected chi connectivity index (χ3v) is 9.43. The Kier molecular flexibility index (Phi) is 14.5. The number of aliphatic hydroxyl groups is 2. The molecule has 1 aromatic rings. The number of unbranched alkanes of at least 4 members (excludes halogenated alkanes) is 6. The highest BCUT2D eigenvalue weighted by Gasteiger charge is 2.85. The fraction of sp³-hybridized carbons (Fsp3) is 0.639. The highest BCUT2D eigenvalue weighted by atomic mass is 16.8. The minimum atomic E-state index is -3.84. The molecule has 50 heavy (non-hydrogen) atoms. The van der Waals surface area contributed by atoms with E-state index in [0.717, 1.165) is 37.7 Å². The van der Waals surface area contributed by atoms with E-state index in [2.05, 4.69) is 6.92 Å². The number of hydrogen-bond acceptors (Lipinski definition) is 11. The number of rotatable bonds is 21. The number of carboxylic acids is 3. The molecule has 2 unspecified atom stereocenters. The fourth-order valence-electron chi connectivity index (χ4n) is 6.73. The van der Waals surface area contributed by atoms with Crippen molar-refractivity contribution < 1.29 is 68.5 Å². The number of hydrogen-bond donors (Lipinski definition) is 5. The largest absolute Gasteiger partial charge is 0.479 e. The molecular formula is C36H50O14. The van der Waals surface area contributed by atoms with Crippen LogP contribution in [0.2, 0.25) is 0 Å². The molecule has 3 rings (SSSR count). The summed E-state index contributed by atoms with van der Waals surface area (Å²) in [6.45, 7) is 5.18. The van der Waals surface area contributed by atoms with Crippen LogP contribution in [0.1, 0.15) is 103 Å². The number of esters is 2. The van der Waals surface area contributed by atoms with Gasteiger partial charge in [0.05, 0.1) is 0 Å². The van der Waals surface area contributed by atoms with E-state index in [1.807, 2.05) is 49.4 Å². The summed E-state index contributed by atoms with van der Waals surface area (Å²) >= 11 is 0. The lowest BCUT2D eigenvalue weighted by molar-refractivity contribution is -0.374. The highest BCUT2D eigenvalue weighted by Crippen LogP contribution is 2.55. The van der Waals surface area contributed by atoms with Gasteiger partial charge in [0, 0.05) is 19.8 Å². The summed E-state index contributed by atoms with van der Waals surface area (Å²) in [5.74, 6) is -10.9. The van der Waals surface area contributed by atoms with Gasteiger partial charge in [-0.2, -0.15) is 0 Å². The van der Waals surface area contributed by atoms with E-state index >= 15 is 0 Å². The van der Waals surface area contributed by atoms with Crippen LogP contribution in [0.5, 0.6) is 0 Å². The second-order valence-electron chi connectivity index (χ2n) is 13.2. The van der Waals surface area contributed by atoms with Gasteiger partial charge in [-0.3, -0.25) is 9.59 Å². The summed E-state index contributed by atoms with van der Waals surface area (Å²) in [5, 5.41) is 53.4. The van der Waals surface area contributed by atoms with Gasteiger partial charge in [0.25, 0.3) is 0 Å². The van der Waals surface area contributed by atoms with Crippen molar-refractivity contribution >= 4 is 35.9 Å². The van der Waals surface area contributed by atoms with E-state index in [-0.39, 0.29) is 25.2 Å². The van der Waals surface area contributed by atoms with Gasteiger partial charge in [0.1, 0.15) is 12.2 Å². The Morgan fingerprint density at radius 1 is 0.940 bits per heavy atom. The van der Waals surface area contributed by atoms with E-state index in [1.165, 1.54) is 6.92 Å². The minimum Gasteiger partial charge on any atom is -0.479 e. The maximum absolute atomic E-state index is 13.0. The Morgan fingerprint density at radius 2 is 1.58 bits per heavy atom. The lowest BCUT2D eigenvalue weighted by Crippen LogP contribution is -2.78. The fourth-order valence-corrected chi connectivity index (χ4v) is 6.73. The molecule has 2 bridgehead atoms. The summed E-state index contributed by atoms with van der Waals surface area (Å²) in [7, 11) is 0. The first-order valence-corrected chi connectivity index (χ1v) is 17.2. The van der Waals surface area contributed by atoms with Crippen LogP contribution in [-0.4, -0.2) is 96.8 Å². The molecule has 1 aromatic carbocycles. The zero-order chi connectivity index (χ0) is 37.1. The number of ether oxygens (including phenoxy) is 4. The van der Waals surface area contributed by atoms with E-state index in [1.54, 1.807) is 0 Å². The molecule has 2 aliphatic heterocycles. The minimum absolute atomic E-state index is 0.0199. The van der Waals surface area contributed by atoms with Crippen molar-refractivity contribution in [1.29, 1.82) is 0 Å². The number of carboxylic acid groups (broad SMARTS) is 3. The average Bonchev–Trinajstić information content (AvgIpc) is 3.27. The number of fused-ring (bicyclic) bond motifs is 2. The molecule has 5 N–H and O–H groups in total. The predicted molar refractivity (Wildman–Crippen MR) is 176 cm³/mol. The first-order valence-electron chi connectivity index (χ1n) is 17.2. The molecule has 2 saturated heterocycles. The van der Waals surface area contributed by atoms with Crippen molar-refractivity contribution in [2.75, 3.05) is 0 Å². The van der Waals surface area contributed by atoms with E-state index in [9.17, 15) is 49.5 Å². The number of carbonyl (C=O) groups is 5. The third-order valence-electron chi connectivity index (χ3n) is 9.43. The van der Waals surface area contributed by atoms with Crippen LogP contribution in [0.25, 0.3) is 6.08 Å². The molecule has 0 aromatic heterocycles. The van der Waals surface area contributed by atoms with Gasteiger partial charge in [-0.15, -0.1) is 0 Å². The summed E-state index contributed by atoms with van der Waals surface area (Å²) in [6, 6.07) is 9.53. The molecule has 2 aliphatic rings. The van der Waals surface area contributed by atoms with Crippen LogP contribution >= 0.6 is 0 Å². The second-order valence-corrected chi connectivity index (χ2v) is 13.2. The van der Waals surface area contributed by atoms with Crippen LogP contribution in [0, 0.1) is 5.92 Å². The first-order chi connectivity index (χ1) is 23.7. The molecule has 0 aliphatic carbocycles. The van der Waals surface area contributed by atoms with E-state index in [0.29, 0.717) is 19.3 Å². The molecular weight excluding hydrogens is 656 g/mol. The topological polar surface area (TPSA) is 223 Å². The zero-order valence-electron chi connectivity index (χ0n) is 28.8. The Labute approximate surface area is 291 Å². The smallest absolute Gasteiger partial charge is 0.344 e. The van der Waals surface area contributed by atoms with E-state index < -0.39 is 77.7 Å². The van der Waals surface area contributed by atoms with Crippen molar-refractivity contribution in [1.82, 2.24) is 0 Å². The van der Waals surface area contributed by atoms with Gasteiger partial charge < -0.3 is 44.5 Å². The lowest BCUT2D eigenvalue weighted by Gasteiger charge is -2.48. The number of allylic oxidation sites excluding steroid dienone is 1. The molecule has 0 amide bonds. The van der Waals surface area contributed by atoms with Gasteiger partial charge in [0.2, 0.25) is 23.1 Å². The Hall–Kier alpha value is -3.85. The maximum atomic E-state index is 13.0. The number of carbonyl (C=O) groups excluding carboxylic acids is 2. The Morgan fingerprint density at radius 3 is 2.16 bits per heavy atom. The van der Waals surface area contributed by atoms with Crippen molar-refractivity contribution in [2.45, 2.75) is 139 Å². The summed E-state index contributed by atoms with van der Waals surface area (Å²) in [6.07, 6.45) is 1.74. The molecule has 0 radical (unpaired) electrons. The van der Waals surface area contributed by atoms with Crippen LogP contribution in [0.3, 0.4) is 0 Å². The molecule has 14 heteroatoms. The van der Waals surface area contributed by atoms with Crippen LogP contribution in [-0.2, 0) is 42.9 Å². The van der Waals surface area contributed by atoms with Gasteiger partial charge in [0.15, 0.2) is 6.10 Å². The van der Waals surface area contributed by atoms with Crippen LogP contribution in [0.4, 0.5) is 0 Å². The Bertz CT molecular complexity index is 1360. The molecule has 2 fully saturated rings. The van der Waals surface area contributed by atoms with Gasteiger partial charge in [-0.25, -0.2) is 14.4 Å². The molecule has 8 atom stereocenters. The van der Waals surface area contributed by atoms with Crippen molar-refractivity contribution in [3.05, 3.63) is 42.0 Å². The normalized spacial score (nSPS) is 28.5. The summed E-state index contributed by atoms with van der Waals surface area (Å²) in [5.41, 5.74) is -6.34. The Balaban J connectivity index is 1.85. The first kappa shape index (κ1) is 40.6. The standard InChI is InChI=1S/C36H50O14/c1-4-5-6-7-8-9-13-21-27(38)48-29-28(39)34(49-30(31(40)41)35(46,32(42)43)36(29,50-34)33(44)45)22-15-20-26(47-24(3)37)23(2)16-14-19-25-17-11-10-12-18-25/h10-12,14,17-19,23,26,28-30,39,46H,4-9,13,15-16,20-22H2,1-3H3,(H,40,41)(H,42,43)(H,44,45)/b19-14+/t23?,26?,28-,29+,30-,34-,35-,36-/m0/s1. The summed E-state index contributed by atoms with van der Waals surface area (Å²) < 4.78 is 22.1. The number of aliphatic hydroxyl groups excluding tert-OH is 1. The monoisotopic (exact) mass is 706 g/mol. The van der Waals surface area contributed by atoms with E-state index in [4.69, 9.17) is 18.9 Å². The molecule has 14 nitrogen and oxygen atoms in total. The van der Waals surface area contributed by atoms with Gasteiger partial charge in [-0.1, -0.05) is 94.9 Å². The lowest BCUT2D eigenvalue weighted by atomic mass is 9.74. The van der Waals surface area contributed by atoms with Crippen LogP contribution < -0.4 is 0 Å². The maximum Gasteiger partial charge on any atom is 0.344 e. The van der Waals surface area contributed by atoms with Crippen molar-refractivity contribution in [2.24, 2.45) is 5.92 Å². The van der Waals surface area contributed by atoms with Gasteiger partial charge in [-0.05, 0) is 37.2 Å². The van der Waals surface area contributed by atoms with Crippen molar-refractivity contribution in [3.8, 4) is 0 Å². The molecule has 278 valence electrons. The second kappa shape index (κ2) is 17.9. The predicted octanol–water partition coefficient (Wildman–Crippen LogP) is 4.09. The zero-order valence-corrected chi connectivity index (χ0v) is 28.8. The average molecular weight is 707 g/mol. The highest BCUT2D eigenvalue weighted by molar-refractivity contribution is 5.98. The number of aliphatic carboxylic acids is 3. The molecule has 2 heterocycles. The van der Waals surface area contributed by atoms with Crippen LogP contribution in [0.15, 0.2) is 36.4 Å². The molecule has 0 saturated carbocycles.